The Labute approximate surface area is 225 Å². The standard InChI is InChI=1S/C29H40N6O3/c1-33(2)29(23-10-5-4-6-11-23)15-13-28(14-16-29)21-34(27(37)35(28)19-22-8-7-9-22)20-25(36)31-18-24-30-17-12-26(32-24)38-3/h4-6,10-12,17,22H,7-9,13-16,18-21H2,1-3H3,(H,31,36)/t28-,29+. The van der Waals surface area contributed by atoms with Crippen LogP contribution in [-0.2, 0) is 16.9 Å². The van der Waals surface area contributed by atoms with Crippen LogP contribution in [0, 0.1) is 5.92 Å². The van der Waals surface area contributed by atoms with Crippen molar-refractivity contribution in [2.45, 2.75) is 62.6 Å². The topological polar surface area (TPSA) is 90.9 Å². The van der Waals surface area contributed by atoms with Gasteiger partial charge < -0.3 is 19.9 Å². The van der Waals surface area contributed by atoms with Crippen LogP contribution < -0.4 is 10.1 Å². The summed E-state index contributed by atoms with van der Waals surface area (Å²) >= 11 is 0. The summed E-state index contributed by atoms with van der Waals surface area (Å²) in [6.45, 7) is 1.63. The zero-order valence-corrected chi connectivity index (χ0v) is 22.9. The van der Waals surface area contributed by atoms with Crippen molar-refractivity contribution in [3.05, 3.63) is 54.0 Å². The van der Waals surface area contributed by atoms with E-state index in [4.69, 9.17) is 4.74 Å². The maximum atomic E-state index is 13.7. The number of carbonyl (C=O) groups is 2. The van der Waals surface area contributed by atoms with Crippen LogP contribution in [0.5, 0.6) is 5.88 Å². The highest BCUT2D eigenvalue weighted by atomic mass is 16.5. The van der Waals surface area contributed by atoms with Crippen molar-refractivity contribution in [3.63, 3.8) is 0 Å². The minimum Gasteiger partial charge on any atom is -0.481 e. The molecule has 0 radical (unpaired) electrons. The molecule has 1 saturated heterocycles. The second-order valence-corrected chi connectivity index (χ2v) is 11.4. The fourth-order valence-corrected chi connectivity index (χ4v) is 6.50. The molecule has 1 aliphatic heterocycles. The van der Waals surface area contributed by atoms with E-state index >= 15 is 0 Å². The van der Waals surface area contributed by atoms with E-state index < -0.39 is 0 Å². The molecule has 2 saturated carbocycles. The number of hydrogen-bond donors (Lipinski definition) is 1. The molecule has 2 heterocycles. The predicted octanol–water partition coefficient (Wildman–Crippen LogP) is 3.41. The van der Waals surface area contributed by atoms with Gasteiger partial charge in [-0.25, -0.2) is 9.78 Å². The van der Waals surface area contributed by atoms with E-state index in [9.17, 15) is 9.59 Å². The minimum absolute atomic E-state index is 0.00162. The Morgan fingerprint density at radius 2 is 1.87 bits per heavy atom. The summed E-state index contributed by atoms with van der Waals surface area (Å²) in [6, 6.07) is 12.4. The Balaban J connectivity index is 1.29. The molecule has 0 unspecified atom stereocenters. The molecule has 3 fully saturated rings. The number of ether oxygens (including phenoxy) is 1. The maximum absolute atomic E-state index is 13.7. The van der Waals surface area contributed by atoms with Crippen LogP contribution in [0.2, 0.25) is 0 Å². The third-order valence-corrected chi connectivity index (χ3v) is 9.07. The molecule has 9 heteroatoms. The van der Waals surface area contributed by atoms with E-state index in [1.165, 1.54) is 24.8 Å². The lowest BCUT2D eigenvalue weighted by atomic mass is 9.68. The molecular formula is C29H40N6O3. The molecule has 9 nitrogen and oxygen atoms in total. The second-order valence-electron chi connectivity index (χ2n) is 11.4. The molecular weight excluding hydrogens is 480 g/mol. The molecule has 1 aromatic heterocycles. The lowest BCUT2D eigenvalue weighted by Gasteiger charge is -2.51. The Morgan fingerprint density at radius 3 is 2.50 bits per heavy atom. The average Bonchev–Trinajstić information content (AvgIpc) is 3.15. The van der Waals surface area contributed by atoms with Crippen LogP contribution in [0.4, 0.5) is 4.79 Å². The highest BCUT2D eigenvalue weighted by molar-refractivity contribution is 5.86. The van der Waals surface area contributed by atoms with Crippen LogP contribution in [0.3, 0.4) is 0 Å². The first-order valence-corrected chi connectivity index (χ1v) is 13.8. The molecule has 0 bridgehead atoms. The number of carbonyl (C=O) groups excluding carboxylic acids is 2. The molecule has 2 aromatic rings. The molecule has 204 valence electrons. The van der Waals surface area contributed by atoms with E-state index in [0.717, 1.165) is 32.2 Å². The van der Waals surface area contributed by atoms with Crippen molar-refractivity contribution in [3.8, 4) is 5.88 Å². The number of nitrogens with zero attached hydrogens (tertiary/aromatic N) is 5. The molecule has 3 amide bonds. The number of hydrogen-bond acceptors (Lipinski definition) is 6. The van der Waals surface area contributed by atoms with Gasteiger partial charge in [0, 0.05) is 30.9 Å². The van der Waals surface area contributed by atoms with Gasteiger partial charge in [0.05, 0.1) is 19.2 Å². The third-order valence-electron chi connectivity index (χ3n) is 9.07. The number of amides is 3. The predicted molar refractivity (Wildman–Crippen MR) is 144 cm³/mol. The average molecular weight is 521 g/mol. The van der Waals surface area contributed by atoms with E-state index in [1.54, 1.807) is 24.3 Å². The van der Waals surface area contributed by atoms with Crippen LogP contribution >= 0.6 is 0 Å². The number of rotatable bonds is 9. The maximum Gasteiger partial charge on any atom is 0.321 e. The fraction of sp³-hybridized carbons (Fsp3) is 0.586. The summed E-state index contributed by atoms with van der Waals surface area (Å²) in [7, 11) is 5.88. The number of aromatic nitrogens is 2. The van der Waals surface area contributed by atoms with Crippen molar-refractivity contribution in [2.75, 3.05) is 40.8 Å². The van der Waals surface area contributed by atoms with E-state index in [-0.39, 0.29) is 36.1 Å². The number of methoxy groups -OCH3 is 1. The lowest BCUT2D eigenvalue weighted by molar-refractivity contribution is -0.121. The van der Waals surface area contributed by atoms with Gasteiger partial charge in [0.25, 0.3) is 0 Å². The van der Waals surface area contributed by atoms with Crippen molar-refractivity contribution >= 4 is 11.9 Å². The number of urea groups is 1. The molecule has 3 aliphatic rings. The van der Waals surface area contributed by atoms with Gasteiger partial charge in [-0.15, -0.1) is 0 Å². The van der Waals surface area contributed by atoms with Crippen molar-refractivity contribution < 1.29 is 14.3 Å². The first-order valence-electron chi connectivity index (χ1n) is 13.8. The monoisotopic (exact) mass is 520 g/mol. The summed E-state index contributed by atoms with van der Waals surface area (Å²) in [5, 5.41) is 2.88. The van der Waals surface area contributed by atoms with Gasteiger partial charge in [-0.2, -0.15) is 4.98 Å². The highest BCUT2D eigenvalue weighted by Gasteiger charge is 2.55. The Bertz CT molecular complexity index is 1130. The van der Waals surface area contributed by atoms with Crippen LogP contribution in [-0.4, -0.2) is 83.0 Å². The summed E-state index contributed by atoms with van der Waals surface area (Å²) < 4.78 is 5.14. The van der Waals surface area contributed by atoms with Crippen molar-refractivity contribution in [1.82, 2.24) is 30.0 Å². The molecule has 1 spiro atoms. The van der Waals surface area contributed by atoms with Gasteiger partial charge in [0.15, 0.2) is 5.82 Å². The van der Waals surface area contributed by atoms with Crippen LogP contribution in [0.15, 0.2) is 42.6 Å². The van der Waals surface area contributed by atoms with E-state index in [1.807, 2.05) is 0 Å². The summed E-state index contributed by atoms with van der Waals surface area (Å²) in [4.78, 5) is 41.3. The largest absolute Gasteiger partial charge is 0.481 e. The molecule has 1 aromatic carbocycles. The second kappa shape index (κ2) is 10.9. The SMILES string of the molecule is COc1ccnc(CNC(=O)CN2C[C@]3(CC[C@](c4ccccc4)(N(C)C)CC3)N(CC3CCC3)C2=O)n1. The van der Waals surface area contributed by atoms with E-state index in [0.29, 0.717) is 24.2 Å². The van der Waals surface area contributed by atoms with Gasteiger partial charge >= 0.3 is 6.03 Å². The minimum atomic E-state index is -0.225. The summed E-state index contributed by atoms with van der Waals surface area (Å²) in [5.74, 6) is 1.30. The normalized spacial score (nSPS) is 25.6. The van der Waals surface area contributed by atoms with Gasteiger partial charge in [0.2, 0.25) is 11.8 Å². The molecule has 2 aliphatic carbocycles. The van der Waals surface area contributed by atoms with Crippen LogP contribution in [0.1, 0.15) is 56.3 Å². The zero-order valence-electron chi connectivity index (χ0n) is 22.9. The lowest BCUT2D eigenvalue weighted by Crippen LogP contribution is -2.56. The quantitative estimate of drug-likeness (QED) is 0.545. The molecule has 1 N–H and O–H groups in total. The first kappa shape index (κ1) is 26.4. The van der Waals surface area contributed by atoms with Gasteiger partial charge in [-0.3, -0.25) is 9.69 Å². The van der Waals surface area contributed by atoms with Gasteiger partial charge in [0.1, 0.15) is 6.54 Å². The zero-order chi connectivity index (χ0) is 26.8. The highest BCUT2D eigenvalue weighted by Crippen LogP contribution is 2.49. The first-order chi connectivity index (χ1) is 18.3. The Morgan fingerprint density at radius 1 is 1.13 bits per heavy atom. The van der Waals surface area contributed by atoms with Crippen molar-refractivity contribution in [2.24, 2.45) is 5.92 Å². The number of benzene rings is 1. The van der Waals surface area contributed by atoms with E-state index in [2.05, 4.69) is 69.5 Å². The van der Waals surface area contributed by atoms with Crippen LogP contribution in [0.25, 0.3) is 0 Å². The van der Waals surface area contributed by atoms with Gasteiger partial charge in [-0.1, -0.05) is 36.8 Å². The Hall–Kier alpha value is -3.20. The smallest absolute Gasteiger partial charge is 0.321 e. The van der Waals surface area contributed by atoms with Gasteiger partial charge in [-0.05, 0) is 64.1 Å². The fourth-order valence-electron chi connectivity index (χ4n) is 6.50. The Kier molecular flexibility index (Phi) is 7.56. The molecule has 38 heavy (non-hydrogen) atoms. The molecule has 0 atom stereocenters. The molecule has 5 rings (SSSR count). The summed E-state index contributed by atoms with van der Waals surface area (Å²) in [6.07, 6.45) is 9.03. The third kappa shape index (κ3) is 5.08. The number of nitrogens with one attached hydrogen (secondary N) is 1. The van der Waals surface area contributed by atoms with Crippen molar-refractivity contribution in [1.29, 1.82) is 0 Å². The summed E-state index contributed by atoms with van der Waals surface area (Å²) in [5.41, 5.74) is 1.07.